The zero-order chi connectivity index (χ0) is 18.8. The topological polar surface area (TPSA) is 71.3 Å². The Balaban J connectivity index is 1.52. The summed E-state index contributed by atoms with van der Waals surface area (Å²) >= 11 is 6.01. The molecule has 1 aliphatic heterocycles. The Morgan fingerprint density at radius 2 is 2.11 bits per heavy atom. The average molecular weight is 387 g/mol. The molecule has 6 nitrogen and oxygen atoms in total. The van der Waals surface area contributed by atoms with Gasteiger partial charge in [-0.25, -0.2) is 9.18 Å². The smallest absolute Gasteiger partial charge is 0.322 e. The Hall–Kier alpha value is -2.93. The lowest BCUT2D eigenvalue weighted by Crippen LogP contribution is -2.34. The van der Waals surface area contributed by atoms with Crippen molar-refractivity contribution < 1.29 is 13.7 Å². The number of hydrogen-bond acceptors (Lipinski definition) is 4. The first-order valence-corrected chi connectivity index (χ1v) is 8.91. The fraction of sp³-hybridized carbons (Fsp3) is 0.211. The lowest BCUT2D eigenvalue weighted by atomic mass is 10.2. The predicted molar refractivity (Wildman–Crippen MR) is 98.8 cm³/mol. The molecule has 1 aliphatic rings. The number of urea groups is 1. The predicted octanol–water partition coefficient (Wildman–Crippen LogP) is 4.90. The van der Waals surface area contributed by atoms with E-state index in [1.165, 1.54) is 12.1 Å². The molecule has 2 heterocycles. The minimum Gasteiger partial charge on any atom is -0.337 e. The molecule has 0 unspecified atom stereocenters. The molecule has 0 aliphatic carbocycles. The minimum absolute atomic E-state index is 0.320. The fourth-order valence-corrected chi connectivity index (χ4v) is 3.33. The van der Waals surface area contributed by atoms with Crippen LogP contribution in [-0.2, 0) is 0 Å². The molecule has 0 spiro atoms. The first-order chi connectivity index (χ1) is 13.1. The molecule has 27 heavy (non-hydrogen) atoms. The van der Waals surface area contributed by atoms with Gasteiger partial charge >= 0.3 is 6.03 Å². The number of likely N-dealkylation sites (tertiary alicyclic amines) is 1. The summed E-state index contributed by atoms with van der Waals surface area (Å²) in [5.41, 5.74) is 1.14. The second-order valence-corrected chi connectivity index (χ2v) is 6.69. The number of nitrogens with one attached hydrogen (secondary N) is 1. The molecule has 1 fully saturated rings. The first-order valence-electron chi connectivity index (χ1n) is 8.53. The van der Waals surface area contributed by atoms with Crippen LogP contribution in [0.2, 0.25) is 5.02 Å². The van der Waals surface area contributed by atoms with Crippen LogP contribution in [0.25, 0.3) is 11.4 Å². The molecule has 2 aromatic carbocycles. The van der Waals surface area contributed by atoms with E-state index in [0.29, 0.717) is 35.4 Å². The van der Waals surface area contributed by atoms with Gasteiger partial charge in [0, 0.05) is 22.8 Å². The van der Waals surface area contributed by atoms with Crippen LogP contribution in [0, 0.1) is 5.82 Å². The third-order valence-electron chi connectivity index (χ3n) is 4.40. The van der Waals surface area contributed by atoms with Gasteiger partial charge in [-0.1, -0.05) is 35.0 Å². The van der Waals surface area contributed by atoms with E-state index in [1.54, 1.807) is 29.2 Å². The second kappa shape index (κ2) is 7.36. The summed E-state index contributed by atoms with van der Waals surface area (Å²) in [7, 11) is 0. The lowest BCUT2D eigenvalue weighted by Gasteiger charge is -2.22. The summed E-state index contributed by atoms with van der Waals surface area (Å²) in [5.74, 6) is 0.385. The summed E-state index contributed by atoms with van der Waals surface area (Å²) in [6.07, 6.45) is 1.53. The Morgan fingerprint density at radius 3 is 2.93 bits per heavy atom. The molecule has 8 heteroatoms. The zero-order valence-corrected chi connectivity index (χ0v) is 15.0. The van der Waals surface area contributed by atoms with E-state index in [2.05, 4.69) is 15.5 Å². The maximum absolute atomic E-state index is 13.3. The van der Waals surface area contributed by atoms with Crippen LogP contribution in [0.5, 0.6) is 0 Å². The van der Waals surface area contributed by atoms with E-state index >= 15 is 0 Å². The fourth-order valence-electron chi connectivity index (χ4n) is 3.14. The summed E-state index contributed by atoms with van der Waals surface area (Å²) in [4.78, 5) is 18.7. The number of carbonyl (C=O) groups is 1. The van der Waals surface area contributed by atoms with Gasteiger partial charge in [0.2, 0.25) is 11.7 Å². The van der Waals surface area contributed by atoms with Gasteiger partial charge in [0.25, 0.3) is 0 Å². The molecule has 3 aromatic rings. The van der Waals surface area contributed by atoms with Gasteiger partial charge in [0.05, 0.1) is 0 Å². The number of carbonyl (C=O) groups excluding carboxylic acids is 1. The highest BCUT2D eigenvalue weighted by molar-refractivity contribution is 6.30. The molecule has 2 amide bonds. The molecule has 0 radical (unpaired) electrons. The van der Waals surface area contributed by atoms with Crippen molar-refractivity contribution in [3.05, 3.63) is 65.3 Å². The molecule has 1 atom stereocenters. The number of hydrogen-bond donors (Lipinski definition) is 1. The third kappa shape index (κ3) is 3.78. The summed E-state index contributed by atoms with van der Waals surface area (Å²) in [6.45, 7) is 0.556. The Morgan fingerprint density at radius 1 is 1.26 bits per heavy atom. The quantitative estimate of drug-likeness (QED) is 0.695. The van der Waals surface area contributed by atoms with Gasteiger partial charge in [0.1, 0.15) is 11.9 Å². The SMILES string of the molecule is O=C(Nc1cccc(F)c1)N1CCC[C@H]1c1nc(-c2cccc(Cl)c2)no1. The third-order valence-corrected chi connectivity index (χ3v) is 4.63. The number of benzene rings is 2. The van der Waals surface area contributed by atoms with E-state index in [4.69, 9.17) is 16.1 Å². The molecule has 4 rings (SSSR count). The largest absolute Gasteiger partial charge is 0.337 e. The zero-order valence-electron chi connectivity index (χ0n) is 14.2. The minimum atomic E-state index is -0.408. The van der Waals surface area contributed by atoms with Gasteiger partial charge < -0.3 is 14.7 Å². The number of aromatic nitrogens is 2. The standard InChI is InChI=1S/C19H16ClFN4O2/c20-13-5-1-4-12(10-13)17-23-18(27-24-17)16-8-3-9-25(16)19(26)22-15-7-2-6-14(21)11-15/h1-2,4-7,10-11,16H,3,8-9H2,(H,22,26)/t16-/m0/s1. The summed E-state index contributed by atoms with van der Waals surface area (Å²) in [5, 5.41) is 7.30. The lowest BCUT2D eigenvalue weighted by molar-refractivity contribution is 0.193. The molecule has 0 saturated carbocycles. The number of anilines is 1. The number of amides is 2. The van der Waals surface area contributed by atoms with Crippen LogP contribution in [-0.4, -0.2) is 27.6 Å². The van der Waals surface area contributed by atoms with Crippen LogP contribution in [0.3, 0.4) is 0 Å². The van der Waals surface area contributed by atoms with Gasteiger partial charge in [-0.05, 0) is 43.2 Å². The Bertz CT molecular complexity index is 978. The van der Waals surface area contributed by atoms with Crippen LogP contribution >= 0.6 is 11.6 Å². The van der Waals surface area contributed by atoms with Gasteiger partial charge in [-0.15, -0.1) is 0 Å². The van der Waals surface area contributed by atoms with Crippen LogP contribution in [0.1, 0.15) is 24.8 Å². The second-order valence-electron chi connectivity index (χ2n) is 6.26. The first kappa shape index (κ1) is 17.5. The van der Waals surface area contributed by atoms with Crippen molar-refractivity contribution in [2.75, 3.05) is 11.9 Å². The maximum atomic E-state index is 13.3. The van der Waals surface area contributed by atoms with Gasteiger partial charge in [0.15, 0.2) is 0 Å². The van der Waals surface area contributed by atoms with Crippen molar-refractivity contribution in [2.24, 2.45) is 0 Å². The number of rotatable bonds is 3. The molecule has 1 saturated heterocycles. The Kier molecular flexibility index (Phi) is 4.77. The number of halogens is 2. The highest BCUT2D eigenvalue weighted by Gasteiger charge is 2.34. The molecule has 1 aromatic heterocycles. The highest BCUT2D eigenvalue weighted by Crippen LogP contribution is 2.32. The molecular weight excluding hydrogens is 371 g/mol. The van der Waals surface area contributed by atoms with E-state index in [0.717, 1.165) is 12.0 Å². The van der Waals surface area contributed by atoms with Crippen molar-refractivity contribution in [1.82, 2.24) is 15.0 Å². The van der Waals surface area contributed by atoms with Crippen LogP contribution < -0.4 is 5.32 Å². The average Bonchev–Trinajstić information content (AvgIpc) is 3.31. The van der Waals surface area contributed by atoms with Crippen molar-refractivity contribution >= 4 is 23.3 Å². The Labute approximate surface area is 159 Å². The van der Waals surface area contributed by atoms with Gasteiger partial charge in [-0.3, -0.25) is 0 Å². The van der Waals surface area contributed by atoms with Crippen molar-refractivity contribution in [1.29, 1.82) is 0 Å². The molecule has 0 bridgehead atoms. The maximum Gasteiger partial charge on any atom is 0.322 e. The molecule has 138 valence electrons. The normalized spacial score (nSPS) is 16.5. The van der Waals surface area contributed by atoms with Crippen molar-refractivity contribution in [3.8, 4) is 11.4 Å². The van der Waals surface area contributed by atoms with E-state index in [9.17, 15) is 9.18 Å². The van der Waals surface area contributed by atoms with Crippen LogP contribution in [0.4, 0.5) is 14.9 Å². The van der Waals surface area contributed by atoms with Crippen molar-refractivity contribution in [3.63, 3.8) is 0 Å². The number of nitrogens with zero attached hydrogens (tertiary/aromatic N) is 3. The monoisotopic (exact) mass is 386 g/mol. The summed E-state index contributed by atoms with van der Waals surface area (Å²) < 4.78 is 18.7. The van der Waals surface area contributed by atoms with Crippen LogP contribution in [0.15, 0.2) is 53.1 Å². The molecular formula is C19H16ClFN4O2. The van der Waals surface area contributed by atoms with E-state index < -0.39 is 5.82 Å². The van der Waals surface area contributed by atoms with Gasteiger partial charge in [-0.2, -0.15) is 4.98 Å². The van der Waals surface area contributed by atoms with E-state index in [1.807, 2.05) is 12.1 Å². The molecule has 1 N–H and O–H groups in total. The summed E-state index contributed by atoms with van der Waals surface area (Å²) in [6, 6.07) is 12.3. The van der Waals surface area contributed by atoms with E-state index in [-0.39, 0.29) is 12.1 Å². The highest BCUT2D eigenvalue weighted by atomic mass is 35.5. The van der Waals surface area contributed by atoms with Crippen molar-refractivity contribution in [2.45, 2.75) is 18.9 Å².